The highest BCUT2D eigenvalue weighted by Crippen LogP contribution is 2.86. The maximum absolute atomic E-state index is 9.84. The second kappa shape index (κ2) is 2.62. The molecule has 1 aromatic carbocycles. The first-order chi connectivity index (χ1) is 8.69. The molecular formula is C16H19NO. The molecule has 5 atom stereocenters. The van der Waals surface area contributed by atoms with Gasteiger partial charge in [-0.05, 0) is 66.2 Å². The van der Waals surface area contributed by atoms with Gasteiger partial charge in [-0.3, -0.25) is 0 Å². The molecule has 3 fully saturated rings. The molecule has 0 aliphatic heterocycles. The van der Waals surface area contributed by atoms with Crippen LogP contribution in [0.5, 0.6) is 5.75 Å². The Morgan fingerprint density at radius 2 is 2.17 bits per heavy atom. The molecule has 0 saturated heterocycles. The SMILES string of the molecule is N[C@H]1CC23CCC[C@@]24c2cc(O)ccc2C[C@@H]1C34. The lowest BCUT2D eigenvalue weighted by Gasteiger charge is -2.35. The zero-order chi connectivity index (χ0) is 12.1. The molecule has 4 aliphatic carbocycles. The Morgan fingerprint density at radius 1 is 1.28 bits per heavy atom. The minimum absolute atomic E-state index is 0.417. The van der Waals surface area contributed by atoms with Gasteiger partial charge in [-0.25, -0.2) is 0 Å². The fourth-order valence-electron chi connectivity index (χ4n) is 6.42. The number of aromatic hydroxyl groups is 1. The summed E-state index contributed by atoms with van der Waals surface area (Å²) in [6, 6.07) is 6.46. The first-order valence-corrected chi connectivity index (χ1v) is 7.27. The van der Waals surface area contributed by atoms with Gasteiger partial charge in [-0.1, -0.05) is 12.5 Å². The smallest absolute Gasteiger partial charge is 0.115 e. The molecule has 1 aromatic rings. The number of phenols is 1. The first kappa shape index (κ1) is 9.85. The fourth-order valence-corrected chi connectivity index (χ4v) is 6.42. The van der Waals surface area contributed by atoms with Crippen LogP contribution in [0.15, 0.2) is 18.2 Å². The van der Waals surface area contributed by atoms with Gasteiger partial charge in [0.2, 0.25) is 0 Å². The third-order valence-corrected chi connectivity index (χ3v) is 6.73. The number of hydrogen-bond donors (Lipinski definition) is 2. The van der Waals surface area contributed by atoms with Crippen LogP contribution in [-0.2, 0) is 11.8 Å². The van der Waals surface area contributed by atoms with Crippen molar-refractivity contribution in [2.24, 2.45) is 23.0 Å². The van der Waals surface area contributed by atoms with E-state index in [2.05, 4.69) is 12.1 Å². The van der Waals surface area contributed by atoms with E-state index in [9.17, 15) is 5.11 Å². The van der Waals surface area contributed by atoms with Gasteiger partial charge < -0.3 is 10.8 Å². The van der Waals surface area contributed by atoms with Crippen LogP contribution in [0, 0.1) is 17.3 Å². The van der Waals surface area contributed by atoms with E-state index in [0.717, 1.165) is 12.3 Å². The minimum Gasteiger partial charge on any atom is -0.508 e. The van der Waals surface area contributed by atoms with Crippen molar-refractivity contribution in [2.45, 2.75) is 43.6 Å². The van der Waals surface area contributed by atoms with Gasteiger partial charge >= 0.3 is 0 Å². The Bertz CT molecular complexity index is 568. The fraction of sp³-hybridized carbons (Fsp3) is 0.625. The second-order valence-electron chi connectivity index (χ2n) is 7.04. The zero-order valence-corrected chi connectivity index (χ0v) is 10.5. The molecule has 18 heavy (non-hydrogen) atoms. The van der Waals surface area contributed by atoms with Crippen LogP contribution in [0.3, 0.4) is 0 Å². The van der Waals surface area contributed by atoms with Gasteiger partial charge in [0.25, 0.3) is 0 Å². The Balaban J connectivity index is 1.78. The average Bonchev–Trinajstić information content (AvgIpc) is 2.63. The second-order valence-corrected chi connectivity index (χ2v) is 7.04. The number of fused-ring (bicyclic) bond motifs is 1. The summed E-state index contributed by atoms with van der Waals surface area (Å²) in [4.78, 5) is 0. The van der Waals surface area contributed by atoms with Gasteiger partial charge in [-0.15, -0.1) is 0 Å². The number of nitrogens with two attached hydrogens (primary N) is 1. The molecule has 3 N–H and O–H groups in total. The molecule has 5 rings (SSSR count). The van der Waals surface area contributed by atoms with Gasteiger partial charge in [-0.2, -0.15) is 0 Å². The van der Waals surface area contributed by atoms with E-state index in [-0.39, 0.29) is 0 Å². The molecule has 94 valence electrons. The van der Waals surface area contributed by atoms with Crippen molar-refractivity contribution in [1.82, 2.24) is 0 Å². The first-order valence-electron chi connectivity index (χ1n) is 7.27. The van der Waals surface area contributed by atoms with Crippen LogP contribution in [0.25, 0.3) is 0 Å². The van der Waals surface area contributed by atoms with Crippen LogP contribution in [0.4, 0.5) is 0 Å². The average molecular weight is 241 g/mol. The highest BCUT2D eigenvalue weighted by molar-refractivity contribution is 5.55. The summed E-state index contributed by atoms with van der Waals surface area (Å²) in [5.74, 6) is 1.99. The summed E-state index contributed by atoms with van der Waals surface area (Å²) < 4.78 is 0. The number of hydrogen-bond acceptors (Lipinski definition) is 2. The summed E-state index contributed by atoms with van der Waals surface area (Å²) in [7, 11) is 0. The largest absolute Gasteiger partial charge is 0.508 e. The third kappa shape index (κ3) is 0.762. The van der Waals surface area contributed by atoms with Crippen molar-refractivity contribution in [3.63, 3.8) is 0 Å². The lowest BCUT2D eigenvalue weighted by molar-refractivity contribution is 0.320. The monoisotopic (exact) mass is 241 g/mol. The maximum Gasteiger partial charge on any atom is 0.115 e. The van der Waals surface area contributed by atoms with Gasteiger partial charge in [0.1, 0.15) is 5.75 Å². The predicted molar refractivity (Wildman–Crippen MR) is 69.3 cm³/mol. The molecule has 0 amide bonds. The van der Waals surface area contributed by atoms with Gasteiger partial charge in [0, 0.05) is 11.5 Å². The highest BCUT2D eigenvalue weighted by atomic mass is 16.3. The molecular weight excluding hydrogens is 222 g/mol. The number of benzene rings is 1. The normalized spacial score (nSPS) is 50.6. The summed E-state index contributed by atoms with van der Waals surface area (Å²) >= 11 is 0. The summed E-state index contributed by atoms with van der Waals surface area (Å²) in [6.07, 6.45) is 6.43. The van der Waals surface area contributed by atoms with Gasteiger partial charge in [0.05, 0.1) is 0 Å². The van der Waals surface area contributed by atoms with E-state index in [1.807, 2.05) is 6.07 Å². The lowest BCUT2D eigenvalue weighted by Crippen LogP contribution is -2.38. The molecule has 2 heteroatoms. The lowest BCUT2D eigenvalue weighted by atomic mass is 9.71. The summed E-state index contributed by atoms with van der Waals surface area (Å²) in [5, 5.41) is 9.84. The molecule has 0 heterocycles. The topological polar surface area (TPSA) is 46.2 Å². The molecule has 2 spiro atoms. The van der Waals surface area contributed by atoms with Crippen LogP contribution in [0.2, 0.25) is 0 Å². The van der Waals surface area contributed by atoms with E-state index >= 15 is 0 Å². The Labute approximate surface area is 107 Å². The van der Waals surface area contributed by atoms with Crippen LogP contribution in [-0.4, -0.2) is 11.1 Å². The van der Waals surface area contributed by atoms with E-state index < -0.39 is 0 Å². The summed E-state index contributed by atoms with van der Waals surface area (Å²) in [6.45, 7) is 0. The van der Waals surface area contributed by atoms with Crippen LogP contribution in [0.1, 0.15) is 36.8 Å². The van der Waals surface area contributed by atoms with E-state index in [1.165, 1.54) is 36.8 Å². The molecule has 0 radical (unpaired) electrons. The van der Waals surface area contributed by atoms with Crippen molar-refractivity contribution >= 4 is 0 Å². The van der Waals surface area contributed by atoms with Crippen molar-refractivity contribution < 1.29 is 5.11 Å². The summed E-state index contributed by atoms with van der Waals surface area (Å²) in [5.41, 5.74) is 10.3. The number of phenolic OH excluding ortho intramolecular Hbond substituents is 1. The molecule has 0 bridgehead atoms. The van der Waals surface area contributed by atoms with E-state index in [4.69, 9.17) is 5.73 Å². The zero-order valence-electron chi connectivity index (χ0n) is 10.5. The standard InChI is InChI=1S/C16H19NO/c17-13-8-15-4-1-5-16(15)12-7-10(18)3-2-9(12)6-11(13)14(15)16/h2-3,7,11,13-14,18H,1,4-6,8,17H2/t11-,13-,14?,15?,16-/m0/s1. The Morgan fingerprint density at radius 3 is 3.06 bits per heavy atom. The van der Waals surface area contributed by atoms with Gasteiger partial charge in [0.15, 0.2) is 0 Å². The van der Waals surface area contributed by atoms with E-state index in [0.29, 0.717) is 28.5 Å². The molecule has 0 aromatic heterocycles. The quantitative estimate of drug-likeness (QED) is 0.732. The van der Waals surface area contributed by atoms with Crippen molar-refractivity contribution in [3.8, 4) is 5.75 Å². The minimum atomic E-state index is 0.417. The molecule has 3 saturated carbocycles. The number of rotatable bonds is 0. The highest BCUT2D eigenvalue weighted by Gasteiger charge is 2.84. The van der Waals surface area contributed by atoms with E-state index in [1.54, 1.807) is 0 Å². The molecule has 2 unspecified atom stereocenters. The third-order valence-electron chi connectivity index (χ3n) is 6.73. The van der Waals surface area contributed by atoms with Crippen LogP contribution < -0.4 is 5.73 Å². The van der Waals surface area contributed by atoms with Crippen molar-refractivity contribution in [2.75, 3.05) is 0 Å². The Hall–Kier alpha value is -1.02. The Kier molecular flexibility index (Phi) is 1.44. The predicted octanol–water partition coefficient (Wildman–Crippen LogP) is 2.33. The van der Waals surface area contributed by atoms with Crippen molar-refractivity contribution in [1.29, 1.82) is 0 Å². The van der Waals surface area contributed by atoms with Crippen molar-refractivity contribution in [3.05, 3.63) is 29.3 Å². The van der Waals surface area contributed by atoms with Crippen LogP contribution >= 0.6 is 0 Å². The molecule has 4 aliphatic rings. The maximum atomic E-state index is 9.84. The molecule has 2 nitrogen and oxygen atoms in total.